The number of rotatable bonds is 8. The molecule has 2 heterocycles. The normalized spacial score (nSPS) is 10.6. The van der Waals surface area contributed by atoms with Crippen LogP contribution >= 0.6 is 23.6 Å². The van der Waals surface area contributed by atoms with Crippen LogP contribution < -0.4 is 16.4 Å². The summed E-state index contributed by atoms with van der Waals surface area (Å²) in [4.78, 5) is 17.2. The summed E-state index contributed by atoms with van der Waals surface area (Å²) in [6.45, 7) is 0.192. The minimum absolute atomic E-state index is 0.192. The van der Waals surface area contributed by atoms with Crippen molar-refractivity contribution in [3.8, 4) is 22.5 Å². The lowest BCUT2D eigenvalue weighted by Gasteiger charge is -2.14. The Bertz CT molecular complexity index is 1590. The molecule has 3 aromatic carbocycles. The van der Waals surface area contributed by atoms with Gasteiger partial charge in [-0.1, -0.05) is 66.7 Å². The van der Waals surface area contributed by atoms with Gasteiger partial charge in [0.1, 0.15) is 0 Å². The molecule has 2 aromatic heterocycles. The van der Waals surface area contributed by atoms with Crippen LogP contribution in [0.2, 0.25) is 0 Å². The zero-order valence-corrected chi connectivity index (χ0v) is 22.3. The molecule has 0 spiro atoms. The van der Waals surface area contributed by atoms with Gasteiger partial charge >= 0.3 is 5.97 Å². The first kappa shape index (κ1) is 26.0. The van der Waals surface area contributed by atoms with Crippen molar-refractivity contribution < 1.29 is 9.53 Å². The van der Waals surface area contributed by atoms with Gasteiger partial charge in [-0.2, -0.15) is 0 Å². The molecule has 0 saturated carbocycles. The fourth-order valence-corrected chi connectivity index (χ4v) is 4.70. The average molecular weight is 553 g/mol. The van der Waals surface area contributed by atoms with Gasteiger partial charge in [0.05, 0.1) is 23.6 Å². The van der Waals surface area contributed by atoms with Gasteiger partial charge in [-0.15, -0.1) is 21.5 Å². The summed E-state index contributed by atoms with van der Waals surface area (Å²) in [5.41, 5.74) is 11.1. The zero-order valence-electron chi connectivity index (χ0n) is 20.7. The maximum absolute atomic E-state index is 12.9. The number of ether oxygens (including phenoxy) is 1. The summed E-state index contributed by atoms with van der Waals surface area (Å²) in [6.07, 6.45) is 0.495. The van der Waals surface area contributed by atoms with E-state index in [9.17, 15) is 4.79 Å². The lowest BCUT2D eigenvalue weighted by Crippen LogP contribution is -2.21. The smallest absolute Gasteiger partial charge is 0.338 e. The second-order valence-electron chi connectivity index (χ2n) is 8.41. The van der Waals surface area contributed by atoms with Crippen LogP contribution in [0, 0.1) is 0 Å². The van der Waals surface area contributed by atoms with Crippen molar-refractivity contribution in [3.05, 3.63) is 108 Å². The monoisotopic (exact) mass is 552 g/mol. The Morgan fingerprint density at radius 2 is 1.64 bits per heavy atom. The van der Waals surface area contributed by atoms with Gasteiger partial charge < -0.3 is 21.1 Å². The maximum Gasteiger partial charge on any atom is 0.338 e. The van der Waals surface area contributed by atoms with Crippen molar-refractivity contribution in [1.29, 1.82) is 0 Å². The van der Waals surface area contributed by atoms with E-state index in [0.29, 0.717) is 39.3 Å². The van der Waals surface area contributed by atoms with Gasteiger partial charge in [-0.3, -0.25) is 0 Å². The van der Waals surface area contributed by atoms with E-state index in [1.54, 1.807) is 12.1 Å². The highest BCUT2D eigenvalue weighted by Gasteiger charge is 2.16. The van der Waals surface area contributed by atoms with Crippen LogP contribution in [0.3, 0.4) is 0 Å². The van der Waals surface area contributed by atoms with Crippen LogP contribution in [0.1, 0.15) is 15.9 Å². The highest BCUT2D eigenvalue weighted by atomic mass is 32.1. The van der Waals surface area contributed by atoms with Crippen molar-refractivity contribution in [2.75, 3.05) is 23.0 Å². The predicted molar refractivity (Wildman–Crippen MR) is 160 cm³/mol. The van der Waals surface area contributed by atoms with Crippen LogP contribution in [0.4, 0.5) is 16.6 Å². The van der Waals surface area contributed by atoms with Crippen molar-refractivity contribution in [1.82, 2.24) is 15.2 Å². The molecule has 4 N–H and O–H groups in total. The number of benzene rings is 3. The number of para-hydroxylation sites is 1. The number of hydrogen-bond donors (Lipinski definition) is 3. The van der Waals surface area contributed by atoms with E-state index in [-0.39, 0.29) is 6.61 Å². The minimum Gasteiger partial charge on any atom is -0.462 e. The molecular weight excluding hydrogens is 528 g/mol. The number of thiazole rings is 1. The third kappa shape index (κ3) is 6.61. The number of nitrogens with two attached hydrogens (primary N) is 1. The first-order chi connectivity index (χ1) is 19.1. The Morgan fingerprint density at radius 1 is 0.872 bits per heavy atom. The number of aromatic nitrogens is 3. The van der Waals surface area contributed by atoms with E-state index >= 15 is 0 Å². The minimum atomic E-state index is -0.419. The van der Waals surface area contributed by atoms with Crippen molar-refractivity contribution in [2.45, 2.75) is 6.42 Å². The number of anilines is 3. The first-order valence-corrected chi connectivity index (χ1v) is 13.4. The molecular formula is C29H24N6O2S2. The number of carbonyl (C=O) groups is 1. The molecule has 5 aromatic rings. The van der Waals surface area contributed by atoms with E-state index in [4.69, 9.17) is 22.7 Å². The topological polar surface area (TPSA) is 115 Å². The van der Waals surface area contributed by atoms with Crippen LogP contribution in [0.25, 0.3) is 22.5 Å². The van der Waals surface area contributed by atoms with Gasteiger partial charge in [0, 0.05) is 28.6 Å². The first-order valence-electron chi connectivity index (χ1n) is 12.1. The SMILES string of the molecule is Nc1nc(-c2ccccc2C(=O)OCCc2ccccc2NC(=S)Nc2ccc(-c3ccccc3)nn2)cs1. The van der Waals surface area contributed by atoms with Crippen molar-refractivity contribution in [3.63, 3.8) is 0 Å². The van der Waals surface area contributed by atoms with Crippen molar-refractivity contribution >= 4 is 51.3 Å². The van der Waals surface area contributed by atoms with Crippen LogP contribution in [-0.2, 0) is 11.2 Å². The second-order valence-corrected chi connectivity index (χ2v) is 9.71. The summed E-state index contributed by atoms with van der Waals surface area (Å²) < 4.78 is 5.62. The average Bonchev–Trinajstić information content (AvgIpc) is 3.41. The molecule has 0 aliphatic rings. The highest BCUT2D eigenvalue weighted by molar-refractivity contribution is 7.80. The number of nitrogens with one attached hydrogen (secondary N) is 2. The lowest BCUT2D eigenvalue weighted by atomic mass is 10.1. The molecule has 0 saturated heterocycles. The molecule has 5 rings (SSSR count). The van der Waals surface area contributed by atoms with Gasteiger partial charge in [-0.25, -0.2) is 9.78 Å². The largest absolute Gasteiger partial charge is 0.462 e. The summed E-state index contributed by atoms with van der Waals surface area (Å²) in [5.74, 6) is 0.108. The van der Waals surface area contributed by atoms with Crippen LogP contribution in [0.15, 0.2) is 96.4 Å². The molecule has 0 amide bonds. The number of esters is 1. The van der Waals surface area contributed by atoms with Crippen molar-refractivity contribution in [2.24, 2.45) is 0 Å². The predicted octanol–water partition coefficient (Wildman–Crippen LogP) is 6.06. The van der Waals surface area contributed by atoms with Gasteiger partial charge in [0.25, 0.3) is 0 Å². The number of carbonyl (C=O) groups excluding carboxylic acids is 1. The number of thiocarbonyl (C=S) groups is 1. The molecule has 39 heavy (non-hydrogen) atoms. The standard InChI is InChI=1S/C29H24N6O2S2/c30-28-31-25(18-39-28)21-11-5-6-12-22(21)27(36)37-17-16-20-10-4-7-13-23(20)32-29(38)33-26-15-14-24(34-35-26)19-8-2-1-3-9-19/h1-15,18H,16-17H2,(H2,30,31)(H2,32,33,35,38). The molecule has 8 nitrogen and oxygen atoms in total. The molecule has 0 bridgehead atoms. The fourth-order valence-electron chi connectivity index (χ4n) is 3.92. The third-order valence-corrected chi connectivity index (χ3v) is 6.67. The molecule has 194 valence electrons. The molecule has 10 heteroatoms. The molecule has 0 radical (unpaired) electrons. The van der Waals surface area contributed by atoms with E-state index in [2.05, 4.69) is 25.8 Å². The van der Waals surface area contributed by atoms with Gasteiger partial charge in [0.2, 0.25) is 0 Å². The van der Waals surface area contributed by atoms with E-state index in [1.165, 1.54) is 11.3 Å². The van der Waals surface area contributed by atoms with E-state index in [1.807, 2.05) is 84.2 Å². The number of nitrogen functional groups attached to an aromatic ring is 1. The summed E-state index contributed by atoms with van der Waals surface area (Å²) in [5, 5.41) is 17.4. The van der Waals surface area contributed by atoms with E-state index in [0.717, 1.165) is 22.5 Å². The molecule has 0 atom stereocenters. The lowest BCUT2D eigenvalue weighted by molar-refractivity contribution is 0.0510. The van der Waals surface area contributed by atoms with Gasteiger partial charge in [0.15, 0.2) is 16.1 Å². The quantitative estimate of drug-likeness (QED) is 0.156. The number of hydrogen-bond acceptors (Lipinski definition) is 8. The Labute approximate surface area is 234 Å². The summed E-state index contributed by atoms with van der Waals surface area (Å²) >= 11 is 6.82. The van der Waals surface area contributed by atoms with Crippen LogP contribution in [-0.4, -0.2) is 32.9 Å². The Hall–Kier alpha value is -4.67. The van der Waals surface area contributed by atoms with E-state index < -0.39 is 5.97 Å². The summed E-state index contributed by atoms with van der Waals surface area (Å²) in [7, 11) is 0. The molecule has 0 fully saturated rings. The van der Waals surface area contributed by atoms with Crippen LogP contribution in [0.5, 0.6) is 0 Å². The highest BCUT2D eigenvalue weighted by Crippen LogP contribution is 2.27. The zero-order chi connectivity index (χ0) is 27.0. The molecule has 0 aliphatic carbocycles. The number of nitrogens with zero attached hydrogens (tertiary/aromatic N) is 3. The fraction of sp³-hybridized carbons (Fsp3) is 0.0690. The Balaban J connectivity index is 1.18. The molecule has 0 aliphatic heterocycles. The van der Waals surface area contributed by atoms with Gasteiger partial charge in [-0.05, 0) is 42.0 Å². The Morgan fingerprint density at radius 3 is 2.41 bits per heavy atom. The Kier molecular flexibility index (Phi) is 8.15. The summed E-state index contributed by atoms with van der Waals surface area (Å²) in [6, 6.07) is 28.4. The maximum atomic E-state index is 12.9. The second kappa shape index (κ2) is 12.2. The third-order valence-electron chi connectivity index (χ3n) is 5.79. The molecule has 0 unspecified atom stereocenters.